The lowest BCUT2D eigenvalue weighted by Crippen LogP contribution is -2.23. The van der Waals surface area contributed by atoms with Crippen LogP contribution in [0.4, 0.5) is 5.69 Å². The van der Waals surface area contributed by atoms with Gasteiger partial charge in [-0.15, -0.1) is 0 Å². The number of nitrogens with zero attached hydrogens (tertiary/aromatic N) is 1. The van der Waals surface area contributed by atoms with Crippen LogP contribution in [0.25, 0.3) is 0 Å². The summed E-state index contributed by atoms with van der Waals surface area (Å²) < 4.78 is 59.3. The van der Waals surface area contributed by atoms with Crippen LogP contribution in [0.5, 0.6) is 5.75 Å². The van der Waals surface area contributed by atoms with E-state index in [2.05, 4.69) is 4.72 Å². The van der Waals surface area contributed by atoms with Gasteiger partial charge in [-0.1, -0.05) is 0 Å². The van der Waals surface area contributed by atoms with Gasteiger partial charge in [0.05, 0.1) is 15.5 Å². The molecule has 11 heteroatoms. The van der Waals surface area contributed by atoms with Gasteiger partial charge in [-0.2, -0.15) is 0 Å². The minimum atomic E-state index is -4.04. The Morgan fingerprint density at radius 3 is 2.13 bits per heavy atom. The SMILES string of the molecule is Cc1cc(S(=O)(=O)Nc2cc(S(=O)(=O)N(C)C)cc(C)c2C)ccc1OCC(=O)O. The number of rotatable bonds is 8. The fourth-order valence-electron chi connectivity index (χ4n) is 2.59. The van der Waals surface area contributed by atoms with Gasteiger partial charge in [0.25, 0.3) is 10.0 Å². The molecule has 0 radical (unpaired) electrons. The Morgan fingerprint density at radius 1 is 1.00 bits per heavy atom. The Kier molecular flexibility index (Phi) is 6.80. The van der Waals surface area contributed by atoms with E-state index >= 15 is 0 Å². The summed E-state index contributed by atoms with van der Waals surface area (Å²) in [5.74, 6) is -0.895. The van der Waals surface area contributed by atoms with Crippen molar-refractivity contribution in [1.82, 2.24) is 4.31 Å². The van der Waals surface area contributed by atoms with Gasteiger partial charge >= 0.3 is 5.97 Å². The zero-order valence-corrected chi connectivity index (χ0v) is 18.9. The number of aliphatic carboxylic acids is 1. The Labute approximate surface area is 176 Å². The number of hydrogen-bond donors (Lipinski definition) is 2. The smallest absolute Gasteiger partial charge is 0.341 e. The fourth-order valence-corrected chi connectivity index (χ4v) is 4.80. The van der Waals surface area contributed by atoms with E-state index in [0.717, 1.165) is 4.31 Å². The van der Waals surface area contributed by atoms with E-state index < -0.39 is 32.6 Å². The number of benzene rings is 2. The number of carboxylic acids is 1. The van der Waals surface area contributed by atoms with E-state index in [9.17, 15) is 21.6 Å². The number of sulfonamides is 2. The molecular formula is C19H24N2O7S2. The topological polar surface area (TPSA) is 130 Å². The molecular weight excluding hydrogens is 432 g/mol. The average Bonchev–Trinajstić information content (AvgIpc) is 2.63. The first-order chi connectivity index (χ1) is 13.8. The summed E-state index contributed by atoms with van der Waals surface area (Å²) in [5.41, 5.74) is 1.80. The number of carbonyl (C=O) groups is 1. The molecule has 0 heterocycles. The van der Waals surface area contributed by atoms with Crippen LogP contribution in [0.1, 0.15) is 16.7 Å². The van der Waals surface area contributed by atoms with Gasteiger partial charge in [0, 0.05) is 14.1 Å². The van der Waals surface area contributed by atoms with Crippen LogP contribution in [-0.2, 0) is 24.8 Å². The normalized spacial score (nSPS) is 12.1. The van der Waals surface area contributed by atoms with Crippen LogP contribution in [0.3, 0.4) is 0 Å². The third-order valence-corrected chi connectivity index (χ3v) is 7.63. The Bertz CT molecular complexity index is 1190. The molecule has 0 unspecified atom stereocenters. The molecule has 0 aliphatic heterocycles. The second-order valence-corrected chi connectivity index (χ2v) is 10.7. The molecule has 2 aromatic carbocycles. The maximum absolute atomic E-state index is 12.9. The minimum absolute atomic E-state index is 0.0260. The van der Waals surface area contributed by atoms with Gasteiger partial charge < -0.3 is 9.84 Å². The van der Waals surface area contributed by atoms with Crippen molar-refractivity contribution in [3.8, 4) is 5.75 Å². The summed E-state index contributed by atoms with van der Waals surface area (Å²) in [4.78, 5) is 10.5. The lowest BCUT2D eigenvalue weighted by molar-refractivity contribution is -0.139. The van der Waals surface area contributed by atoms with Crippen LogP contribution in [0, 0.1) is 20.8 Å². The van der Waals surface area contributed by atoms with E-state index in [-0.39, 0.29) is 21.2 Å². The second kappa shape index (κ2) is 8.62. The summed E-state index contributed by atoms with van der Waals surface area (Å²) in [6, 6.07) is 6.78. The summed E-state index contributed by atoms with van der Waals surface area (Å²) in [6.45, 7) is 4.43. The van der Waals surface area contributed by atoms with Crippen LogP contribution in [0.2, 0.25) is 0 Å². The Balaban J connectivity index is 2.43. The van der Waals surface area contributed by atoms with Crippen molar-refractivity contribution in [3.05, 3.63) is 47.0 Å². The van der Waals surface area contributed by atoms with E-state index in [4.69, 9.17) is 9.84 Å². The molecule has 0 aromatic heterocycles. The molecule has 0 aliphatic rings. The van der Waals surface area contributed by atoms with Gasteiger partial charge in [0.1, 0.15) is 5.75 Å². The largest absolute Gasteiger partial charge is 0.482 e. The first-order valence-electron chi connectivity index (χ1n) is 8.77. The van der Waals surface area contributed by atoms with Gasteiger partial charge in [-0.05, 0) is 67.8 Å². The monoisotopic (exact) mass is 456 g/mol. The summed E-state index contributed by atoms with van der Waals surface area (Å²) in [5, 5.41) is 8.70. The number of ether oxygens (including phenoxy) is 1. The summed E-state index contributed by atoms with van der Waals surface area (Å²) >= 11 is 0. The van der Waals surface area contributed by atoms with Gasteiger partial charge in [0.2, 0.25) is 10.0 Å². The Morgan fingerprint density at radius 2 is 1.60 bits per heavy atom. The maximum Gasteiger partial charge on any atom is 0.341 e. The molecule has 0 fully saturated rings. The van der Waals surface area contributed by atoms with Gasteiger partial charge in [-0.3, -0.25) is 4.72 Å². The highest BCUT2D eigenvalue weighted by Gasteiger charge is 2.22. The fraction of sp³-hybridized carbons (Fsp3) is 0.316. The van der Waals surface area contributed by atoms with E-state index in [1.165, 1.54) is 44.4 Å². The number of nitrogens with one attached hydrogen (secondary N) is 1. The number of aryl methyl sites for hydroxylation is 2. The van der Waals surface area contributed by atoms with Crippen LogP contribution < -0.4 is 9.46 Å². The molecule has 164 valence electrons. The highest BCUT2D eigenvalue weighted by Crippen LogP contribution is 2.29. The van der Waals surface area contributed by atoms with Crippen molar-refractivity contribution in [3.63, 3.8) is 0 Å². The highest BCUT2D eigenvalue weighted by atomic mass is 32.2. The molecule has 0 spiro atoms. The first kappa shape index (κ1) is 23.6. The molecule has 0 bridgehead atoms. The van der Waals surface area contributed by atoms with Crippen molar-refractivity contribution >= 4 is 31.7 Å². The quantitative estimate of drug-likeness (QED) is 0.622. The van der Waals surface area contributed by atoms with Crippen LogP contribution >= 0.6 is 0 Å². The number of hydrogen-bond acceptors (Lipinski definition) is 6. The summed E-state index contributed by atoms with van der Waals surface area (Å²) in [7, 11) is -5.00. The van der Waals surface area contributed by atoms with Crippen molar-refractivity contribution in [2.75, 3.05) is 25.4 Å². The molecule has 0 saturated carbocycles. The molecule has 0 aliphatic carbocycles. The van der Waals surface area contributed by atoms with Crippen molar-refractivity contribution in [2.24, 2.45) is 0 Å². The van der Waals surface area contributed by atoms with Crippen LogP contribution in [-0.4, -0.2) is 52.9 Å². The lowest BCUT2D eigenvalue weighted by atomic mass is 10.1. The van der Waals surface area contributed by atoms with E-state index in [1.807, 2.05) is 0 Å². The summed E-state index contributed by atoms with van der Waals surface area (Å²) in [6.07, 6.45) is 0. The molecule has 2 rings (SSSR count). The molecule has 9 nitrogen and oxygen atoms in total. The zero-order valence-electron chi connectivity index (χ0n) is 17.3. The van der Waals surface area contributed by atoms with Crippen molar-refractivity contribution in [1.29, 1.82) is 0 Å². The molecule has 0 saturated heterocycles. The average molecular weight is 457 g/mol. The second-order valence-electron chi connectivity index (χ2n) is 6.92. The predicted molar refractivity (Wildman–Crippen MR) is 112 cm³/mol. The molecule has 2 N–H and O–H groups in total. The third-order valence-electron chi connectivity index (χ3n) is 4.47. The third kappa shape index (κ3) is 5.10. The van der Waals surface area contributed by atoms with Crippen molar-refractivity contribution < 1.29 is 31.5 Å². The molecule has 2 aromatic rings. The maximum atomic E-state index is 12.9. The molecule has 0 amide bonds. The van der Waals surface area contributed by atoms with E-state index in [0.29, 0.717) is 16.7 Å². The number of anilines is 1. The van der Waals surface area contributed by atoms with Gasteiger partial charge in [-0.25, -0.2) is 25.9 Å². The first-order valence-corrected chi connectivity index (χ1v) is 11.7. The zero-order chi connectivity index (χ0) is 22.9. The lowest BCUT2D eigenvalue weighted by Gasteiger charge is -2.17. The standard InChI is InChI=1S/C19H24N2O7S2/c1-12-8-16(30(26,27)21(4)5)10-17(14(12)3)20-29(24,25)15-6-7-18(13(2)9-15)28-11-19(22)23/h6-10,20H,11H2,1-5H3,(H,22,23). The highest BCUT2D eigenvalue weighted by molar-refractivity contribution is 7.92. The molecule has 30 heavy (non-hydrogen) atoms. The van der Waals surface area contributed by atoms with Crippen LogP contribution in [0.15, 0.2) is 40.1 Å². The Hall–Kier alpha value is -2.63. The minimum Gasteiger partial charge on any atom is -0.482 e. The van der Waals surface area contributed by atoms with E-state index in [1.54, 1.807) is 20.8 Å². The predicted octanol–water partition coefficient (Wildman–Crippen LogP) is 2.13. The molecule has 0 atom stereocenters. The number of carboxylic acid groups (broad SMARTS) is 1. The van der Waals surface area contributed by atoms with Gasteiger partial charge in [0.15, 0.2) is 6.61 Å². The van der Waals surface area contributed by atoms with Crippen molar-refractivity contribution in [2.45, 2.75) is 30.6 Å².